The Balaban J connectivity index is 1.95. The van der Waals surface area contributed by atoms with E-state index >= 15 is 0 Å². The molecule has 140 valence electrons. The van der Waals surface area contributed by atoms with Gasteiger partial charge in [0.1, 0.15) is 23.1 Å². The topological polar surface area (TPSA) is 125 Å². The van der Waals surface area contributed by atoms with Gasteiger partial charge in [0.2, 0.25) is 17.0 Å². The van der Waals surface area contributed by atoms with E-state index in [4.69, 9.17) is 25.4 Å². The Morgan fingerprint density at radius 1 is 1.27 bits per heavy atom. The minimum atomic E-state index is -2.01. The molecular weight excluding hydrogens is 386 g/mol. The molecule has 1 heterocycles. The van der Waals surface area contributed by atoms with Gasteiger partial charge in [-0.1, -0.05) is 12.1 Å². The number of nitrogens with zero attached hydrogens (tertiary/aromatic N) is 3. The molecule has 1 unspecified atom stereocenters. The van der Waals surface area contributed by atoms with Gasteiger partial charge in [-0.25, -0.2) is 14.5 Å². The highest BCUT2D eigenvalue weighted by molar-refractivity contribution is 7.80. The second-order valence-corrected chi connectivity index (χ2v) is 6.01. The van der Waals surface area contributed by atoms with Crippen LogP contribution in [-0.4, -0.2) is 44.8 Å². The number of hydrogen-bond acceptors (Lipinski definition) is 8. The highest BCUT2D eigenvalue weighted by atomic mass is 35.5. The smallest absolute Gasteiger partial charge is 0.346 e. The van der Waals surface area contributed by atoms with Crippen molar-refractivity contribution in [1.82, 2.24) is 20.4 Å². The molecule has 2 aromatic rings. The number of aromatic nitrogens is 3. The van der Waals surface area contributed by atoms with Crippen molar-refractivity contribution >= 4 is 34.7 Å². The van der Waals surface area contributed by atoms with Crippen molar-refractivity contribution in [3.8, 4) is 11.8 Å². The van der Waals surface area contributed by atoms with Crippen LogP contribution in [0.1, 0.15) is 5.82 Å². The number of anilines is 1. The third-order valence-corrected chi connectivity index (χ3v) is 3.79. The zero-order chi connectivity index (χ0) is 18.9. The molecule has 1 aromatic carbocycles. The molecule has 2 amide bonds. The first-order valence-electron chi connectivity index (χ1n) is 7.24. The molecule has 0 bridgehead atoms. The van der Waals surface area contributed by atoms with E-state index in [1.54, 1.807) is 31.2 Å². The standard InChI is InChI=1S/C14H16ClN5O5S/c1-9-16-12(19-14(17-9)23-2)18-13(21)20-25-26(22)11-6-4-3-5-10(11)24-8-7-15/h3-6H,7-8H2,1-2H3,(H2,16,17,18,19,20,21). The van der Waals surface area contributed by atoms with Crippen LogP contribution in [0.25, 0.3) is 0 Å². The number of alkyl halides is 1. The molecule has 2 N–H and O–H groups in total. The molecule has 0 saturated carbocycles. The van der Waals surface area contributed by atoms with Crippen molar-refractivity contribution in [3.05, 3.63) is 30.1 Å². The van der Waals surface area contributed by atoms with E-state index in [-0.39, 0.29) is 29.3 Å². The normalized spacial score (nSPS) is 11.5. The average molecular weight is 402 g/mol. The molecule has 2 rings (SSSR count). The lowest BCUT2D eigenvalue weighted by molar-refractivity contribution is 0.200. The lowest BCUT2D eigenvalue weighted by Gasteiger charge is -2.10. The van der Waals surface area contributed by atoms with Crippen molar-refractivity contribution in [3.63, 3.8) is 0 Å². The van der Waals surface area contributed by atoms with Gasteiger partial charge in [-0.2, -0.15) is 19.2 Å². The number of urea groups is 1. The van der Waals surface area contributed by atoms with E-state index in [9.17, 15) is 9.00 Å². The largest absolute Gasteiger partial charge is 0.491 e. The Bertz CT molecular complexity index is 794. The number of carbonyl (C=O) groups is 1. The first kappa shape index (κ1) is 19.8. The number of nitrogens with one attached hydrogen (secondary N) is 2. The molecule has 0 aliphatic carbocycles. The number of amides is 2. The number of methoxy groups -OCH3 is 1. The molecule has 0 radical (unpaired) electrons. The Morgan fingerprint density at radius 3 is 2.77 bits per heavy atom. The van der Waals surface area contributed by atoms with Gasteiger partial charge in [-0.15, -0.1) is 11.6 Å². The fourth-order valence-corrected chi connectivity index (χ4v) is 2.51. The van der Waals surface area contributed by atoms with Crippen molar-refractivity contribution in [2.75, 3.05) is 24.9 Å². The predicted octanol–water partition coefficient (Wildman–Crippen LogP) is 1.58. The summed E-state index contributed by atoms with van der Waals surface area (Å²) >= 11 is 3.57. The molecule has 0 aliphatic heterocycles. The summed E-state index contributed by atoms with van der Waals surface area (Å²) in [5.41, 5.74) is 2.00. The number of aryl methyl sites for hydroxylation is 1. The highest BCUT2D eigenvalue weighted by Crippen LogP contribution is 2.22. The van der Waals surface area contributed by atoms with Crippen molar-refractivity contribution in [2.24, 2.45) is 0 Å². The number of carbonyl (C=O) groups excluding carboxylic acids is 1. The minimum Gasteiger partial charge on any atom is -0.491 e. The third-order valence-electron chi connectivity index (χ3n) is 2.71. The highest BCUT2D eigenvalue weighted by Gasteiger charge is 2.14. The number of hydrogen-bond donors (Lipinski definition) is 2. The van der Waals surface area contributed by atoms with E-state index in [1.165, 1.54) is 7.11 Å². The fraction of sp³-hybridized carbons (Fsp3) is 0.286. The second kappa shape index (κ2) is 9.85. The molecule has 10 nitrogen and oxygen atoms in total. The summed E-state index contributed by atoms with van der Waals surface area (Å²) in [6.07, 6.45) is 0. The zero-order valence-corrected chi connectivity index (χ0v) is 15.5. The van der Waals surface area contributed by atoms with Crippen LogP contribution in [0.3, 0.4) is 0 Å². The Kier molecular flexibility index (Phi) is 7.51. The van der Waals surface area contributed by atoms with Crippen molar-refractivity contribution in [2.45, 2.75) is 11.8 Å². The van der Waals surface area contributed by atoms with Crippen LogP contribution in [0.5, 0.6) is 11.8 Å². The van der Waals surface area contributed by atoms with E-state index in [2.05, 4.69) is 20.3 Å². The number of halogens is 1. The summed E-state index contributed by atoms with van der Waals surface area (Å²) < 4.78 is 27.3. The molecular formula is C14H16ClN5O5S. The van der Waals surface area contributed by atoms with Crippen LogP contribution in [0.4, 0.5) is 10.7 Å². The van der Waals surface area contributed by atoms with Crippen LogP contribution < -0.4 is 20.3 Å². The van der Waals surface area contributed by atoms with Gasteiger partial charge in [0, 0.05) is 0 Å². The molecule has 0 aliphatic rings. The zero-order valence-electron chi connectivity index (χ0n) is 13.9. The molecule has 1 atom stereocenters. The maximum Gasteiger partial charge on any atom is 0.346 e. The number of para-hydroxylation sites is 1. The maximum absolute atomic E-state index is 12.2. The van der Waals surface area contributed by atoms with Crippen molar-refractivity contribution < 1.29 is 22.8 Å². The monoisotopic (exact) mass is 401 g/mol. The quantitative estimate of drug-likeness (QED) is 0.504. The third kappa shape index (κ3) is 5.79. The van der Waals surface area contributed by atoms with Gasteiger partial charge in [0.05, 0.1) is 13.0 Å². The van der Waals surface area contributed by atoms with Gasteiger partial charge in [0.25, 0.3) is 0 Å². The Labute approximate surface area is 156 Å². The van der Waals surface area contributed by atoms with Crippen molar-refractivity contribution in [1.29, 1.82) is 0 Å². The minimum absolute atomic E-state index is 0.0441. The summed E-state index contributed by atoms with van der Waals surface area (Å²) in [4.78, 5) is 23.7. The molecule has 0 fully saturated rings. The van der Waals surface area contributed by atoms with Gasteiger partial charge in [-0.05, 0) is 19.1 Å². The fourth-order valence-electron chi connectivity index (χ4n) is 1.71. The summed E-state index contributed by atoms with van der Waals surface area (Å²) in [5, 5.41) is 2.31. The molecule has 0 saturated heterocycles. The summed E-state index contributed by atoms with van der Waals surface area (Å²) in [6.45, 7) is 1.85. The molecule has 0 spiro atoms. The van der Waals surface area contributed by atoms with Crippen LogP contribution in [0.15, 0.2) is 29.2 Å². The van der Waals surface area contributed by atoms with Crippen LogP contribution in [-0.2, 0) is 15.4 Å². The first-order chi connectivity index (χ1) is 12.5. The van der Waals surface area contributed by atoms with E-state index in [1.807, 2.05) is 5.48 Å². The SMILES string of the molecule is COc1nc(C)nc(NC(=O)NOS(=O)c2ccccc2OCCCl)n1. The average Bonchev–Trinajstić information content (AvgIpc) is 2.64. The lowest BCUT2D eigenvalue weighted by Crippen LogP contribution is -2.30. The molecule has 26 heavy (non-hydrogen) atoms. The number of ether oxygens (including phenoxy) is 2. The Hall–Kier alpha value is -2.50. The predicted molar refractivity (Wildman–Crippen MR) is 93.4 cm³/mol. The summed E-state index contributed by atoms with van der Waals surface area (Å²) in [6, 6.07) is 5.74. The van der Waals surface area contributed by atoms with E-state index in [0.717, 1.165) is 0 Å². The number of hydroxylamine groups is 1. The second-order valence-electron chi connectivity index (χ2n) is 4.55. The number of benzene rings is 1. The summed E-state index contributed by atoms with van der Waals surface area (Å²) in [5.74, 6) is 0.915. The molecule has 1 aromatic heterocycles. The van der Waals surface area contributed by atoms with Gasteiger partial charge >= 0.3 is 12.0 Å². The first-order valence-corrected chi connectivity index (χ1v) is 8.85. The maximum atomic E-state index is 12.2. The number of rotatable bonds is 8. The van der Waals surface area contributed by atoms with Gasteiger partial charge in [0.15, 0.2) is 0 Å². The van der Waals surface area contributed by atoms with E-state index in [0.29, 0.717) is 11.6 Å². The van der Waals surface area contributed by atoms with Gasteiger partial charge < -0.3 is 9.47 Å². The van der Waals surface area contributed by atoms with Gasteiger partial charge in [-0.3, -0.25) is 5.32 Å². The lowest BCUT2D eigenvalue weighted by atomic mass is 10.3. The van der Waals surface area contributed by atoms with E-state index < -0.39 is 17.1 Å². The van der Waals surface area contributed by atoms with Crippen LogP contribution in [0, 0.1) is 6.92 Å². The molecule has 12 heteroatoms. The Morgan fingerprint density at radius 2 is 2.04 bits per heavy atom. The van der Waals surface area contributed by atoms with Crippen LogP contribution in [0.2, 0.25) is 0 Å². The summed E-state index contributed by atoms with van der Waals surface area (Å²) in [7, 11) is 1.38. The van der Waals surface area contributed by atoms with Crippen LogP contribution >= 0.6 is 11.6 Å².